The van der Waals surface area contributed by atoms with E-state index in [1.54, 1.807) is 18.2 Å². The molecule has 0 aromatic heterocycles. The number of rotatable bonds is 3. The Balaban J connectivity index is 2.70. The number of carbonyl (C=O) groups is 2. The van der Waals surface area contributed by atoms with Crippen LogP contribution in [0.2, 0.25) is 0 Å². The highest BCUT2D eigenvalue weighted by Crippen LogP contribution is 2.23. The zero-order chi connectivity index (χ0) is 13.0. The third-order valence-corrected chi connectivity index (χ3v) is 2.28. The number of nitrogens with one attached hydrogen (secondary N) is 1. The van der Waals surface area contributed by atoms with Gasteiger partial charge in [0.1, 0.15) is 5.75 Å². The first-order valence-electron chi connectivity index (χ1n) is 4.71. The van der Waals surface area contributed by atoms with Gasteiger partial charge in [0.05, 0.1) is 0 Å². The maximum absolute atomic E-state index is 11.3. The molecule has 1 aromatic carbocycles. The summed E-state index contributed by atoms with van der Waals surface area (Å²) in [7, 11) is 0. The molecule has 0 heterocycles. The molecule has 0 aliphatic carbocycles. The number of urea groups is 1. The average molecular weight is 302 g/mol. The molecule has 0 spiro atoms. The lowest BCUT2D eigenvalue weighted by Crippen LogP contribution is -2.42. The number of ether oxygens (including phenoxy) is 1. The minimum absolute atomic E-state index is 0.420. The molecule has 0 aliphatic heterocycles. The molecule has 17 heavy (non-hydrogen) atoms. The lowest BCUT2D eigenvalue weighted by Gasteiger charge is -2.14. The van der Waals surface area contributed by atoms with E-state index in [2.05, 4.69) is 15.9 Å². The second kappa shape index (κ2) is 5.53. The van der Waals surface area contributed by atoms with Crippen LogP contribution in [0.15, 0.2) is 22.7 Å². The van der Waals surface area contributed by atoms with Gasteiger partial charge < -0.3 is 16.2 Å². The van der Waals surface area contributed by atoms with Crippen molar-refractivity contribution in [2.45, 2.75) is 13.0 Å². The van der Waals surface area contributed by atoms with E-state index in [0.29, 0.717) is 11.4 Å². The van der Waals surface area contributed by atoms with Gasteiger partial charge in [0.2, 0.25) is 0 Å². The number of anilines is 1. The summed E-state index contributed by atoms with van der Waals surface area (Å²) >= 11 is 3.25. The molecule has 1 unspecified atom stereocenters. The third kappa shape index (κ3) is 4.31. The van der Waals surface area contributed by atoms with Crippen molar-refractivity contribution in [3.8, 4) is 5.75 Å². The molecule has 0 radical (unpaired) electrons. The van der Waals surface area contributed by atoms with Gasteiger partial charge in [0.25, 0.3) is 5.91 Å². The standard InChI is InChI=1S/C10H12BrN3O3/c1-5(9(15)14-10(13)16)17-8-3-6(11)2-7(12)4-8/h2-5H,12H2,1H3,(H3,13,14,15,16). The van der Waals surface area contributed by atoms with Crippen LogP contribution < -0.4 is 21.5 Å². The Bertz CT molecular complexity index is 430. The highest BCUT2D eigenvalue weighted by Gasteiger charge is 2.16. The number of nitrogen functional groups attached to an aromatic ring is 1. The van der Waals surface area contributed by atoms with Crippen molar-refractivity contribution in [1.82, 2.24) is 5.32 Å². The second-order valence-electron chi connectivity index (χ2n) is 3.33. The fraction of sp³-hybridized carbons (Fsp3) is 0.200. The summed E-state index contributed by atoms with van der Waals surface area (Å²) in [5.74, 6) is -0.194. The maximum atomic E-state index is 11.3. The summed E-state index contributed by atoms with van der Waals surface area (Å²) in [5.41, 5.74) is 10.9. The van der Waals surface area contributed by atoms with Gasteiger partial charge in [0, 0.05) is 16.2 Å². The molecule has 3 amide bonds. The van der Waals surface area contributed by atoms with Crippen LogP contribution in [0.3, 0.4) is 0 Å². The van der Waals surface area contributed by atoms with Crippen molar-refractivity contribution < 1.29 is 14.3 Å². The lowest BCUT2D eigenvalue weighted by atomic mass is 10.3. The van der Waals surface area contributed by atoms with Gasteiger partial charge in [-0.05, 0) is 19.1 Å². The van der Waals surface area contributed by atoms with Crippen LogP contribution in [-0.2, 0) is 4.79 Å². The number of amides is 3. The summed E-state index contributed by atoms with van der Waals surface area (Å²) in [6.45, 7) is 1.50. The largest absolute Gasteiger partial charge is 0.481 e. The molecule has 0 saturated carbocycles. The van der Waals surface area contributed by atoms with Gasteiger partial charge in [-0.3, -0.25) is 10.1 Å². The van der Waals surface area contributed by atoms with Crippen LogP contribution in [0.1, 0.15) is 6.92 Å². The van der Waals surface area contributed by atoms with Crippen LogP contribution in [0, 0.1) is 0 Å². The first-order chi connectivity index (χ1) is 7.88. The van der Waals surface area contributed by atoms with Crippen LogP contribution in [0.5, 0.6) is 5.75 Å². The molecule has 0 bridgehead atoms. The molecular formula is C10H12BrN3O3. The zero-order valence-electron chi connectivity index (χ0n) is 9.07. The number of imide groups is 1. The molecule has 0 saturated heterocycles. The molecule has 1 aromatic rings. The van der Waals surface area contributed by atoms with E-state index in [4.69, 9.17) is 16.2 Å². The Morgan fingerprint density at radius 1 is 1.41 bits per heavy atom. The molecule has 5 N–H and O–H groups in total. The third-order valence-electron chi connectivity index (χ3n) is 1.82. The number of hydrogen-bond acceptors (Lipinski definition) is 4. The topological polar surface area (TPSA) is 107 Å². The van der Waals surface area contributed by atoms with Crippen molar-refractivity contribution >= 4 is 33.6 Å². The normalized spacial score (nSPS) is 11.6. The van der Waals surface area contributed by atoms with Gasteiger partial charge in [-0.15, -0.1) is 0 Å². The quantitative estimate of drug-likeness (QED) is 0.724. The van der Waals surface area contributed by atoms with Crippen LogP contribution in [-0.4, -0.2) is 18.0 Å². The monoisotopic (exact) mass is 301 g/mol. The summed E-state index contributed by atoms with van der Waals surface area (Å²) in [4.78, 5) is 21.8. The average Bonchev–Trinajstić information content (AvgIpc) is 2.14. The number of nitrogens with two attached hydrogens (primary N) is 2. The van der Waals surface area contributed by atoms with Gasteiger partial charge in [-0.25, -0.2) is 4.79 Å². The van der Waals surface area contributed by atoms with Crippen molar-refractivity contribution in [2.75, 3.05) is 5.73 Å². The molecular weight excluding hydrogens is 290 g/mol. The molecule has 7 heteroatoms. The van der Waals surface area contributed by atoms with Gasteiger partial charge >= 0.3 is 6.03 Å². The highest BCUT2D eigenvalue weighted by atomic mass is 79.9. The minimum Gasteiger partial charge on any atom is -0.481 e. The summed E-state index contributed by atoms with van der Waals surface area (Å²) < 4.78 is 6.04. The summed E-state index contributed by atoms with van der Waals surface area (Å²) in [5, 5.41) is 1.92. The Morgan fingerprint density at radius 2 is 2.06 bits per heavy atom. The molecule has 92 valence electrons. The molecule has 6 nitrogen and oxygen atoms in total. The number of halogens is 1. The smallest absolute Gasteiger partial charge is 0.318 e. The van der Waals surface area contributed by atoms with E-state index in [1.807, 2.05) is 5.32 Å². The second-order valence-corrected chi connectivity index (χ2v) is 4.25. The van der Waals surface area contributed by atoms with E-state index < -0.39 is 18.0 Å². The van der Waals surface area contributed by atoms with E-state index in [9.17, 15) is 9.59 Å². The predicted molar refractivity (Wildman–Crippen MR) is 66.4 cm³/mol. The van der Waals surface area contributed by atoms with Gasteiger partial charge in [-0.2, -0.15) is 0 Å². The Labute approximate surface area is 106 Å². The molecule has 0 aliphatic rings. The van der Waals surface area contributed by atoms with E-state index >= 15 is 0 Å². The predicted octanol–water partition coefficient (Wildman–Crippen LogP) is 0.994. The Hall–Kier alpha value is -1.76. The van der Waals surface area contributed by atoms with E-state index in [1.165, 1.54) is 6.92 Å². The van der Waals surface area contributed by atoms with Crippen molar-refractivity contribution in [1.29, 1.82) is 0 Å². The zero-order valence-corrected chi connectivity index (χ0v) is 10.7. The molecule has 1 atom stereocenters. The van der Waals surface area contributed by atoms with Crippen molar-refractivity contribution in [3.63, 3.8) is 0 Å². The Morgan fingerprint density at radius 3 is 2.59 bits per heavy atom. The van der Waals surface area contributed by atoms with Gasteiger partial charge in [-0.1, -0.05) is 15.9 Å². The number of benzene rings is 1. The van der Waals surface area contributed by atoms with Crippen molar-refractivity contribution in [2.24, 2.45) is 5.73 Å². The minimum atomic E-state index is -0.917. The summed E-state index contributed by atoms with van der Waals surface area (Å²) in [6.07, 6.45) is -0.851. The van der Waals surface area contributed by atoms with E-state index in [-0.39, 0.29) is 0 Å². The molecule has 0 fully saturated rings. The number of primary amides is 1. The van der Waals surface area contributed by atoms with E-state index in [0.717, 1.165) is 4.47 Å². The number of carbonyl (C=O) groups excluding carboxylic acids is 2. The fourth-order valence-electron chi connectivity index (χ4n) is 1.13. The SMILES string of the molecule is CC(Oc1cc(N)cc(Br)c1)C(=O)NC(N)=O. The lowest BCUT2D eigenvalue weighted by molar-refractivity contribution is -0.126. The van der Waals surface area contributed by atoms with Gasteiger partial charge in [0.15, 0.2) is 6.10 Å². The van der Waals surface area contributed by atoms with Crippen LogP contribution in [0.25, 0.3) is 0 Å². The van der Waals surface area contributed by atoms with Crippen LogP contribution in [0.4, 0.5) is 10.5 Å². The summed E-state index contributed by atoms with van der Waals surface area (Å²) in [6, 6.07) is 4.00. The van der Waals surface area contributed by atoms with Crippen molar-refractivity contribution in [3.05, 3.63) is 22.7 Å². The first-order valence-corrected chi connectivity index (χ1v) is 5.51. The highest BCUT2D eigenvalue weighted by molar-refractivity contribution is 9.10. The first kappa shape index (κ1) is 13.3. The van der Waals surface area contributed by atoms with Crippen LogP contribution >= 0.6 is 15.9 Å². The number of hydrogen-bond donors (Lipinski definition) is 3. The maximum Gasteiger partial charge on any atom is 0.318 e. The fourth-order valence-corrected chi connectivity index (χ4v) is 1.62. The Kier molecular flexibility index (Phi) is 4.33. The molecule has 1 rings (SSSR count).